The van der Waals surface area contributed by atoms with E-state index in [9.17, 15) is 0 Å². The molecule has 3 aromatic rings. The summed E-state index contributed by atoms with van der Waals surface area (Å²) >= 11 is 0. The molecule has 2 aliphatic heterocycles. The number of nitrogens with zero attached hydrogens (tertiary/aromatic N) is 2. The first-order valence-corrected chi connectivity index (χ1v) is 11.8. The van der Waals surface area contributed by atoms with E-state index in [1.807, 2.05) is 0 Å². The first-order valence-electron chi connectivity index (χ1n) is 11.8. The molecule has 2 heterocycles. The van der Waals surface area contributed by atoms with Crippen LogP contribution >= 0.6 is 0 Å². The van der Waals surface area contributed by atoms with E-state index >= 15 is 0 Å². The topological polar surface area (TPSA) is 34.2 Å². The van der Waals surface area contributed by atoms with E-state index in [0.29, 0.717) is 6.04 Å². The van der Waals surface area contributed by atoms with E-state index in [1.54, 1.807) is 21.3 Å². The van der Waals surface area contributed by atoms with Crippen molar-refractivity contribution in [2.45, 2.75) is 31.8 Å². The Bertz CT molecular complexity index is 1190. The lowest BCUT2D eigenvalue weighted by Gasteiger charge is -2.45. The van der Waals surface area contributed by atoms with Crippen LogP contribution in [0.15, 0.2) is 30.3 Å². The summed E-state index contributed by atoms with van der Waals surface area (Å²) < 4.78 is 16.9. The molecule has 3 aliphatic rings. The van der Waals surface area contributed by atoms with Crippen LogP contribution in [0.3, 0.4) is 0 Å². The Morgan fingerprint density at radius 3 is 2.28 bits per heavy atom. The van der Waals surface area contributed by atoms with Gasteiger partial charge in [0.05, 0.1) is 21.3 Å². The van der Waals surface area contributed by atoms with Crippen molar-refractivity contribution in [3.8, 4) is 17.2 Å². The average molecular weight is 433 g/mol. The van der Waals surface area contributed by atoms with Crippen LogP contribution in [0, 0.1) is 5.92 Å². The maximum atomic E-state index is 5.70. The van der Waals surface area contributed by atoms with Crippen molar-refractivity contribution in [1.82, 2.24) is 9.80 Å². The van der Waals surface area contributed by atoms with Gasteiger partial charge in [0.25, 0.3) is 0 Å². The lowest BCUT2D eigenvalue weighted by atomic mass is 9.84. The fourth-order valence-corrected chi connectivity index (χ4v) is 5.86. The molecule has 0 aromatic heterocycles. The quantitative estimate of drug-likeness (QED) is 0.556. The normalized spacial score (nSPS) is 21.4. The molecule has 1 aliphatic carbocycles. The zero-order valence-corrected chi connectivity index (χ0v) is 19.3. The van der Waals surface area contributed by atoms with Gasteiger partial charge in [-0.1, -0.05) is 6.07 Å². The van der Waals surface area contributed by atoms with Crippen molar-refractivity contribution in [3.63, 3.8) is 0 Å². The molecule has 5 nitrogen and oxygen atoms in total. The van der Waals surface area contributed by atoms with Gasteiger partial charge >= 0.3 is 0 Å². The van der Waals surface area contributed by atoms with Gasteiger partial charge in [0.1, 0.15) is 5.75 Å². The highest BCUT2D eigenvalue weighted by Gasteiger charge is 2.35. The molecule has 3 aromatic carbocycles. The molecule has 168 valence electrons. The zero-order valence-electron chi connectivity index (χ0n) is 19.3. The highest BCUT2D eigenvalue weighted by Crippen LogP contribution is 2.43. The highest BCUT2D eigenvalue weighted by atomic mass is 16.5. The predicted octanol–water partition coefficient (Wildman–Crippen LogP) is 4.47. The van der Waals surface area contributed by atoms with Crippen molar-refractivity contribution in [2.75, 3.05) is 47.5 Å². The van der Waals surface area contributed by atoms with Crippen LogP contribution in [0.5, 0.6) is 17.2 Å². The molecule has 1 saturated carbocycles. The maximum Gasteiger partial charge on any atom is 0.161 e. The van der Waals surface area contributed by atoms with E-state index < -0.39 is 0 Å². The molecule has 0 bridgehead atoms. The van der Waals surface area contributed by atoms with E-state index in [2.05, 4.69) is 40.1 Å². The molecule has 1 saturated heterocycles. The van der Waals surface area contributed by atoms with Gasteiger partial charge in [-0.2, -0.15) is 0 Å². The van der Waals surface area contributed by atoms with Crippen molar-refractivity contribution < 1.29 is 14.2 Å². The second-order valence-corrected chi connectivity index (χ2v) is 9.65. The van der Waals surface area contributed by atoms with Gasteiger partial charge in [0.2, 0.25) is 0 Å². The third-order valence-corrected chi connectivity index (χ3v) is 7.76. The number of rotatable bonds is 5. The van der Waals surface area contributed by atoms with Gasteiger partial charge in [-0.15, -0.1) is 0 Å². The smallest absolute Gasteiger partial charge is 0.161 e. The van der Waals surface area contributed by atoms with Crippen LogP contribution in [0.2, 0.25) is 0 Å². The molecular formula is C27H32N2O3. The Kier molecular flexibility index (Phi) is 4.92. The Morgan fingerprint density at radius 2 is 1.56 bits per heavy atom. The second-order valence-electron chi connectivity index (χ2n) is 9.65. The minimum Gasteiger partial charge on any atom is -0.497 e. The molecule has 5 heteroatoms. The van der Waals surface area contributed by atoms with Gasteiger partial charge in [-0.05, 0) is 82.1 Å². The van der Waals surface area contributed by atoms with Crippen LogP contribution in [0.4, 0.5) is 0 Å². The fraction of sp³-hybridized carbons (Fsp3) is 0.481. The predicted molar refractivity (Wildman–Crippen MR) is 128 cm³/mol. The lowest BCUT2D eigenvalue weighted by molar-refractivity contribution is 0.0591. The van der Waals surface area contributed by atoms with Crippen molar-refractivity contribution in [1.29, 1.82) is 0 Å². The molecule has 0 amide bonds. The summed E-state index contributed by atoms with van der Waals surface area (Å²) in [7, 11) is 5.16. The molecule has 0 N–H and O–H groups in total. The largest absolute Gasteiger partial charge is 0.497 e. The van der Waals surface area contributed by atoms with E-state index in [1.165, 1.54) is 71.7 Å². The zero-order chi connectivity index (χ0) is 21.8. The molecule has 1 atom stereocenters. The summed E-state index contributed by atoms with van der Waals surface area (Å²) in [5.41, 5.74) is 2.95. The standard InChI is InChI=1S/C27H32N2O3/c1-30-19-6-7-20-22(11-19)24-13-27(32-3)26(31-2)12-23(24)21-10-18-15-28(14-17-4-5-17)8-9-29(18)16-25(20)21/h6-7,11-13,17-18H,4-5,8-10,14-16H2,1-3H3/t18-/m1/s1. The Balaban J connectivity index is 1.51. The SMILES string of the molecule is COc1ccc2c3c(c4cc(OC)c(OC)cc4c2c1)C[C@@H]1CN(CC2CC2)CCN1C3. The van der Waals surface area contributed by atoms with Gasteiger partial charge < -0.3 is 19.1 Å². The first-order chi connectivity index (χ1) is 15.7. The van der Waals surface area contributed by atoms with Crippen molar-refractivity contribution >= 4 is 21.5 Å². The van der Waals surface area contributed by atoms with Crippen LogP contribution in [0.25, 0.3) is 21.5 Å². The lowest BCUT2D eigenvalue weighted by Crippen LogP contribution is -2.55. The second kappa shape index (κ2) is 7.82. The molecule has 32 heavy (non-hydrogen) atoms. The maximum absolute atomic E-state index is 5.70. The number of piperazine rings is 1. The summed E-state index contributed by atoms with van der Waals surface area (Å²) in [5, 5.41) is 5.07. The first kappa shape index (κ1) is 20.1. The van der Waals surface area contributed by atoms with Crippen molar-refractivity contribution in [2.24, 2.45) is 5.92 Å². The third kappa shape index (κ3) is 3.30. The number of hydrogen-bond acceptors (Lipinski definition) is 5. The third-order valence-electron chi connectivity index (χ3n) is 7.76. The van der Waals surface area contributed by atoms with Gasteiger partial charge in [-0.25, -0.2) is 0 Å². The highest BCUT2D eigenvalue weighted by molar-refractivity contribution is 6.12. The molecule has 0 unspecified atom stereocenters. The van der Waals surface area contributed by atoms with Gasteiger partial charge in [-0.3, -0.25) is 4.90 Å². The van der Waals surface area contributed by atoms with Gasteiger partial charge in [0, 0.05) is 38.8 Å². The molecule has 0 spiro atoms. The van der Waals surface area contributed by atoms with Crippen LogP contribution < -0.4 is 14.2 Å². The summed E-state index contributed by atoms with van der Waals surface area (Å²) in [4.78, 5) is 5.42. The number of benzene rings is 3. The monoisotopic (exact) mass is 432 g/mol. The van der Waals surface area contributed by atoms with Gasteiger partial charge in [0.15, 0.2) is 11.5 Å². The summed E-state index contributed by atoms with van der Waals surface area (Å²) in [6, 6.07) is 11.4. The summed E-state index contributed by atoms with van der Waals surface area (Å²) in [6.07, 6.45) is 3.94. The minimum absolute atomic E-state index is 0.585. The number of ether oxygens (including phenoxy) is 3. The van der Waals surface area contributed by atoms with Crippen LogP contribution in [-0.4, -0.2) is 63.4 Å². The molecule has 6 rings (SSSR count). The van der Waals surface area contributed by atoms with Crippen molar-refractivity contribution in [3.05, 3.63) is 41.5 Å². The van der Waals surface area contributed by atoms with E-state index in [-0.39, 0.29) is 0 Å². The molecule has 0 radical (unpaired) electrons. The fourth-order valence-electron chi connectivity index (χ4n) is 5.86. The molecule has 2 fully saturated rings. The number of fused-ring (bicyclic) bond motifs is 7. The Labute approximate surface area is 189 Å². The van der Waals surface area contributed by atoms with E-state index in [0.717, 1.165) is 36.1 Å². The number of methoxy groups -OCH3 is 3. The van der Waals surface area contributed by atoms with E-state index in [4.69, 9.17) is 14.2 Å². The molecular weight excluding hydrogens is 400 g/mol. The summed E-state index contributed by atoms with van der Waals surface area (Å²) in [5.74, 6) is 3.41. The Morgan fingerprint density at radius 1 is 0.812 bits per heavy atom. The summed E-state index contributed by atoms with van der Waals surface area (Å²) in [6.45, 7) is 5.86. The number of hydrogen-bond donors (Lipinski definition) is 0. The van der Waals surface area contributed by atoms with Crippen LogP contribution in [0.1, 0.15) is 24.0 Å². The van der Waals surface area contributed by atoms with Crippen LogP contribution in [-0.2, 0) is 13.0 Å². The average Bonchev–Trinajstić information content (AvgIpc) is 3.65. The Hall–Kier alpha value is -2.50. The minimum atomic E-state index is 0.585.